The highest BCUT2D eigenvalue weighted by atomic mass is 35.5. The number of thiocarbonyl (C=S) groups is 1. The van der Waals surface area contributed by atoms with Gasteiger partial charge in [0.15, 0.2) is 5.11 Å². The van der Waals surface area contributed by atoms with Gasteiger partial charge in [0, 0.05) is 27.3 Å². The van der Waals surface area contributed by atoms with Gasteiger partial charge in [-0.05, 0) is 78.8 Å². The van der Waals surface area contributed by atoms with Crippen LogP contribution in [0.25, 0.3) is 0 Å². The van der Waals surface area contributed by atoms with Gasteiger partial charge in [0.1, 0.15) is 11.9 Å². The first kappa shape index (κ1) is 25.4. The lowest BCUT2D eigenvalue weighted by atomic mass is 10.1. The summed E-state index contributed by atoms with van der Waals surface area (Å²) in [6, 6.07) is 16.5. The summed E-state index contributed by atoms with van der Waals surface area (Å²) in [6.07, 6.45) is 0.324. The van der Waals surface area contributed by atoms with Crippen LogP contribution in [-0.2, 0) is 16.0 Å². The smallest absolute Gasteiger partial charge is 0.256 e. The molecule has 0 spiro atoms. The van der Waals surface area contributed by atoms with E-state index in [0.29, 0.717) is 39.4 Å². The monoisotopic (exact) mass is 549 g/mol. The lowest BCUT2D eigenvalue weighted by molar-refractivity contribution is -0.124. The summed E-state index contributed by atoms with van der Waals surface area (Å²) >= 11 is 23.9. The highest BCUT2D eigenvalue weighted by Gasteiger charge is 2.44. The lowest BCUT2D eigenvalue weighted by Gasteiger charge is -2.24. The predicted molar refractivity (Wildman–Crippen MR) is 142 cm³/mol. The molecular formula is C25H19Cl3FN3O2S. The van der Waals surface area contributed by atoms with Crippen LogP contribution in [0, 0.1) is 5.82 Å². The van der Waals surface area contributed by atoms with E-state index in [2.05, 4.69) is 5.32 Å². The highest BCUT2D eigenvalue weighted by molar-refractivity contribution is 7.80. The van der Waals surface area contributed by atoms with Crippen molar-refractivity contribution in [2.75, 3.05) is 16.8 Å². The molecule has 1 heterocycles. The van der Waals surface area contributed by atoms with Crippen LogP contribution in [-0.4, -0.2) is 34.4 Å². The molecule has 1 aliphatic heterocycles. The number of hydrogen-bond donors (Lipinski definition) is 1. The Hall–Kier alpha value is -2.71. The van der Waals surface area contributed by atoms with Gasteiger partial charge in [0.05, 0.1) is 12.1 Å². The van der Waals surface area contributed by atoms with Gasteiger partial charge in [-0.3, -0.25) is 14.5 Å². The number of carbonyl (C=O) groups is 2. The molecule has 3 aromatic carbocycles. The molecule has 35 heavy (non-hydrogen) atoms. The maximum atomic E-state index is 13.5. The Morgan fingerprint density at radius 1 is 1.00 bits per heavy atom. The van der Waals surface area contributed by atoms with Crippen LogP contribution in [0.4, 0.5) is 15.8 Å². The van der Waals surface area contributed by atoms with Crippen molar-refractivity contribution >= 4 is 75.3 Å². The molecule has 0 aliphatic carbocycles. The van der Waals surface area contributed by atoms with Crippen molar-refractivity contribution < 1.29 is 14.0 Å². The molecule has 1 N–H and O–H groups in total. The van der Waals surface area contributed by atoms with Gasteiger partial charge in [-0.15, -0.1) is 0 Å². The van der Waals surface area contributed by atoms with Gasteiger partial charge >= 0.3 is 0 Å². The van der Waals surface area contributed by atoms with E-state index in [-0.39, 0.29) is 23.3 Å². The van der Waals surface area contributed by atoms with Crippen molar-refractivity contribution in [2.45, 2.75) is 18.9 Å². The molecule has 180 valence electrons. The zero-order valence-corrected chi connectivity index (χ0v) is 21.3. The molecule has 1 saturated heterocycles. The van der Waals surface area contributed by atoms with Crippen LogP contribution in [0.5, 0.6) is 0 Å². The van der Waals surface area contributed by atoms with Gasteiger partial charge in [-0.1, -0.05) is 46.9 Å². The Morgan fingerprint density at radius 3 is 2.40 bits per heavy atom. The Kier molecular flexibility index (Phi) is 7.91. The molecule has 0 bridgehead atoms. The van der Waals surface area contributed by atoms with E-state index >= 15 is 0 Å². The Bertz CT molecular complexity index is 1290. The van der Waals surface area contributed by atoms with Gasteiger partial charge in [-0.2, -0.15) is 0 Å². The summed E-state index contributed by atoms with van der Waals surface area (Å²) in [5, 5.41) is 4.49. The fraction of sp³-hybridized carbons (Fsp3) is 0.160. The van der Waals surface area contributed by atoms with Crippen LogP contribution in [0.3, 0.4) is 0 Å². The third kappa shape index (κ3) is 5.93. The average molecular weight is 551 g/mol. The molecule has 1 aliphatic rings. The molecule has 1 fully saturated rings. The fourth-order valence-electron chi connectivity index (χ4n) is 3.83. The first-order valence-electron chi connectivity index (χ1n) is 10.6. The third-order valence-corrected chi connectivity index (χ3v) is 6.77. The minimum absolute atomic E-state index is 0.141. The van der Waals surface area contributed by atoms with E-state index in [9.17, 15) is 14.0 Å². The molecule has 2 amide bonds. The van der Waals surface area contributed by atoms with Gasteiger partial charge in [0.2, 0.25) is 5.91 Å². The zero-order valence-electron chi connectivity index (χ0n) is 18.2. The number of nitrogens with one attached hydrogen (secondary N) is 1. The molecule has 0 unspecified atom stereocenters. The summed E-state index contributed by atoms with van der Waals surface area (Å²) in [6.45, 7) is 0.332. The number of nitrogens with zero attached hydrogens (tertiary/aromatic N) is 2. The maximum absolute atomic E-state index is 13.5. The molecule has 3 aromatic rings. The quantitative estimate of drug-likeness (QED) is 0.348. The second kappa shape index (κ2) is 10.9. The molecule has 5 nitrogen and oxygen atoms in total. The minimum atomic E-state index is -0.849. The minimum Gasteiger partial charge on any atom is -0.336 e. The number of amides is 2. The van der Waals surface area contributed by atoms with E-state index < -0.39 is 11.9 Å². The van der Waals surface area contributed by atoms with Crippen molar-refractivity contribution in [3.63, 3.8) is 0 Å². The first-order valence-corrected chi connectivity index (χ1v) is 12.2. The SMILES string of the molecule is O=C(C[C@@H]1C(=O)N(c2ccc(F)cc2)C(=S)N1CCc1ccc(Cl)cc1Cl)Nc1cccc(Cl)c1. The van der Waals surface area contributed by atoms with Crippen molar-refractivity contribution in [3.05, 3.63) is 93.2 Å². The van der Waals surface area contributed by atoms with Gasteiger partial charge in [0.25, 0.3) is 5.91 Å². The van der Waals surface area contributed by atoms with E-state index in [1.807, 2.05) is 6.07 Å². The largest absolute Gasteiger partial charge is 0.336 e. The summed E-state index contributed by atoms with van der Waals surface area (Å²) in [5.41, 5.74) is 1.77. The van der Waals surface area contributed by atoms with Crippen molar-refractivity contribution in [2.24, 2.45) is 0 Å². The van der Waals surface area contributed by atoms with Crippen molar-refractivity contribution in [1.82, 2.24) is 4.90 Å². The predicted octanol–water partition coefficient (Wildman–Crippen LogP) is 6.36. The Balaban J connectivity index is 1.57. The topological polar surface area (TPSA) is 52.7 Å². The molecule has 4 rings (SSSR count). The second-order valence-electron chi connectivity index (χ2n) is 7.89. The molecule has 0 radical (unpaired) electrons. The van der Waals surface area contributed by atoms with E-state index in [1.54, 1.807) is 41.3 Å². The van der Waals surface area contributed by atoms with Crippen LogP contribution in [0.2, 0.25) is 15.1 Å². The number of carbonyl (C=O) groups excluding carboxylic acids is 2. The normalized spacial score (nSPS) is 15.6. The molecular weight excluding hydrogens is 532 g/mol. The summed E-state index contributed by atoms with van der Waals surface area (Å²) < 4.78 is 13.5. The summed E-state index contributed by atoms with van der Waals surface area (Å²) in [5.74, 6) is -1.17. The molecule has 0 aromatic heterocycles. The van der Waals surface area contributed by atoms with E-state index in [0.717, 1.165) is 5.56 Å². The van der Waals surface area contributed by atoms with Gasteiger partial charge < -0.3 is 10.2 Å². The lowest BCUT2D eigenvalue weighted by Crippen LogP contribution is -2.39. The highest BCUT2D eigenvalue weighted by Crippen LogP contribution is 2.29. The summed E-state index contributed by atoms with van der Waals surface area (Å²) in [7, 11) is 0. The number of halogens is 4. The van der Waals surface area contributed by atoms with Crippen molar-refractivity contribution in [1.29, 1.82) is 0 Å². The van der Waals surface area contributed by atoms with Crippen molar-refractivity contribution in [3.8, 4) is 0 Å². The number of rotatable bonds is 7. The Labute approximate surface area is 222 Å². The van der Waals surface area contributed by atoms with Crippen LogP contribution >= 0.6 is 47.0 Å². The average Bonchev–Trinajstić information content (AvgIpc) is 3.03. The molecule has 1 atom stereocenters. The van der Waals surface area contributed by atoms with Crippen LogP contribution in [0.15, 0.2) is 66.7 Å². The van der Waals surface area contributed by atoms with E-state index in [1.165, 1.54) is 29.2 Å². The van der Waals surface area contributed by atoms with Crippen LogP contribution in [0.1, 0.15) is 12.0 Å². The van der Waals surface area contributed by atoms with Crippen LogP contribution < -0.4 is 10.2 Å². The number of hydrogen-bond acceptors (Lipinski definition) is 3. The second-order valence-corrected chi connectivity index (χ2v) is 9.54. The standard InChI is InChI=1S/C25H19Cl3FN3O2S/c26-16-2-1-3-19(12-16)30-23(33)14-22-24(34)32(20-8-6-18(29)7-9-20)25(35)31(22)11-10-15-4-5-17(27)13-21(15)28/h1-9,12-13,22H,10-11,14H2,(H,30,33)/t22-/m1/s1. The molecule has 0 saturated carbocycles. The third-order valence-electron chi connectivity index (χ3n) is 5.53. The Morgan fingerprint density at radius 2 is 1.71 bits per heavy atom. The number of anilines is 2. The first-order chi connectivity index (χ1) is 16.7. The summed E-state index contributed by atoms with van der Waals surface area (Å²) in [4.78, 5) is 29.3. The maximum Gasteiger partial charge on any atom is 0.256 e. The zero-order chi connectivity index (χ0) is 25.1. The fourth-order valence-corrected chi connectivity index (χ4v) is 4.94. The molecule has 10 heteroatoms. The number of benzene rings is 3. The van der Waals surface area contributed by atoms with E-state index in [4.69, 9.17) is 47.0 Å². The van der Waals surface area contributed by atoms with Gasteiger partial charge in [-0.25, -0.2) is 4.39 Å².